The molecule has 0 aliphatic carbocycles. The Morgan fingerprint density at radius 3 is 2.63 bits per heavy atom. The van der Waals surface area contributed by atoms with Gasteiger partial charge in [-0.15, -0.1) is 0 Å². The summed E-state index contributed by atoms with van der Waals surface area (Å²) in [4.78, 5) is 13.2. The molecule has 0 bridgehead atoms. The predicted molar refractivity (Wildman–Crippen MR) is 80.2 cm³/mol. The van der Waals surface area contributed by atoms with Gasteiger partial charge in [0, 0.05) is 15.6 Å². The van der Waals surface area contributed by atoms with Crippen LogP contribution in [0.4, 0.5) is 0 Å². The monoisotopic (exact) mass is 333 g/mol. The van der Waals surface area contributed by atoms with E-state index in [4.69, 9.17) is 11.6 Å². The number of para-hydroxylation sites is 1. The minimum Gasteiger partial charge on any atom is -0.243 e. The van der Waals surface area contributed by atoms with Gasteiger partial charge in [0.25, 0.3) is 0 Å². The molecule has 0 unspecified atom stereocenters. The number of hydrogen-bond donors (Lipinski definition) is 0. The summed E-state index contributed by atoms with van der Waals surface area (Å²) in [5.41, 5.74) is 2.42. The first-order valence-electron chi connectivity index (χ1n) is 5.70. The zero-order valence-corrected chi connectivity index (χ0v) is 12.4. The molecule has 3 aromatic rings. The molecule has 2 heterocycles. The summed E-state index contributed by atoms with van der Waals surface area (Å²) in [6, 6.07) is 11.6. The first-order valence-corrected chi connectivity index (χ1v) is 6.87. The van der Waals surface area contributed by atoms with Gasteiger partial charge < -0.3 is 0 Å². The molecule has 3 rings (SSSR count). The van der Waals surface area contributed by atoms with Crippen molar-refractivity contribution in [2.75, 3.05) is 0 Å². The van der Waals surface area contributed by atoms with Crippen LogP contribution in [0.1, 0.15) is 5.69 Å². The second-order valence-electron chi connectivity index (χ2n) is 4.17. The fourth-order valence-corrected chi connectivity index (χ4v) is 2.63. The van der Waals surface area contributed by atoms with Crippen LogP contribution in [-0.2, 0) is 0 Å². The highest BCUT2D eigenvalue weighted by Crippen LogP contribution is 2.28. The van der Waals surface area contributed by atoms with Crippen molar-refractivity contribution in [1.82, 2.24) is 15.0 Å². The summed E-state index contributed by atoms with van der Waals surface area (Å²) in [5, 5.41) is 1.49. The number of halogens is 2. The van der Waals surface area contributed by atoms with Gasteiger partial charge >= 0.3 is 0 Å². The van der Waals surface area contributed by atoms with E-state index in [1.165, 1.54) is 0 Å². The molecule has 0 saturated heterocycles. The standard InChI is InChI=1S/C14H9BrClN3/c1-8-6-12(16)19-14(17-8)13-10(15)7-9-4-2-3-5-11(9)18-13/h2-7H,1H3. The lowest BCUT2D eigenvalue weighted by atomic mass is 10.2. The van der Waals surface area contributed by atoms with Crippen molar-refractivity contribution in [2.45, 2.75) is 6.92 Å². The number of pyridine rings is 1. The Labute approximate surface area is 123 Å². The number of aryl methyl sites for hydroxylation is 1. The first kappa shape index (κ1) is 12.5. The minimum absolute atomic E-state index is 0.421. The summed E-state index contributed by atoms with van der Waals surface area (Å²) < 4.78 is 0.855. The van der Waals surface area contributed by atoms with Gasteiger partial charge in [0.1, 0.15) is 10.8 Å². The Hall–Kier alpha value is -1.52. The fourth-order valence-electron chi connectivity index (χ4n) is 1.88. The van der Waals surface area contributed by atoms with Gasteiger partial charge in [0.15, 0.2) is 5.82 Å². The van der Waals surface area contributed by atoms with Crippen LogP contribution in [0.15, 0.2) is 40.9 Å². The normalized spacial score (nSPS) is 10.9. The molecule has 0 aliphatic rings. The highest BCUT2D eigenvalue weighted by Gasteiger charge is 2.11. The van der Waals surface area contributed by atoms with E-state index in [1.807, 2.05) is 37.3 Å². The molecule has 0 aliphatic heterocycles. The fraction of sp³-hybridized carbons (Fsp3) is 0.0714. The molecule has 2 aromatic heterocycles. The van der Waals surface area contributed by atoms with Crippen molar-refractivity contribution in [3.8, 4) is 11.5 Å². The Kier molecular flexibility index (Phi) is 3.21. The van der Waals surface area contributed by atoms with Gasteiger partial charge in [0.2, 0.25) is 0 Å². The highest BCUT2D eigenvalue weighted by atomic mass is 79.9. The first-order chi connectivity index (χ1) is 9.13. The highest BCUT2D eigenvalue weighted by molar-refractivity contribution is 9.10. The van der Waals surface area contributed by atoms with E-state index < -0.39 is 0 Å². The van der Waals surface area contributed by atoms with Gasteiger partial charge in [-0.2, -0.15) is 0 Å². The molecule has 3 nitrogen and oxygen atoms in total. The van der Waals surface area contributed by atoms with E-state index in [0.717, 1.165) is 21.1 Å². The van der Waals surface area contributed by atoms with Crippen molar-refractivity contribution in [2.24, 2.45) is 0 Å². The summed E-state index contributed by atoms with van der Waals surface area (Å²) in [6.45, 7) is 1.88. The van der Waals surface area contributed by atoms with Crippen LogP contribution in [0.5, 0.6) is 0 Å². The topological polar surface area (TPSA) is 38.7 Å². The van der Waals surface area contributed by atoms with Crippen LogP contribution in [-0.4, -0.2) is 15.0 Å². The second-order valence-corrected chi connectivity index (χ2v) is 5.41. The lowest BCUT2D eigenvalue weighted by molar-refractivity contribution is 1.09. The maximum Gasteiger partial charge on any atom is 0.181 e. The quantitative estimate of drug-likeness (QED) is 0.618. The molecule has 1 aromatic carbocycles. The van der Waals surface area contributed by atoms with Crippen molar-refractivity contribution < 1.29 is 0 Å². The number of benzene rings is 1. The average molecular weight is 335 g/mol. The van der Waals surface area contributed by atoms with E-state index in [-0.39, 0.29) is 0 Å². The zero-order chi connectivity index (χ0) is 13.4. The van der Waals surface area contributed by atoms with Crippen molar-refractivity contribution in [3.05, 3.63) is 51.7 Å². The van der Waals surface area contributed by atoms with E-state index in [9.17, 15) is 0 Å². The molecule has 0 fully saturated rings. The molecule has 0 N–H and O–H groups in total. The van der Waals surface area contributed by atoms with E-state index in [1.54, 1.807) is 6.07 Å². The lowest BCUT2D eigenvalue weighted by Gasteiger charge is -2.06. The van der Waals surface area contributed by atoms with Crippen LogP contribution in [0.25, 0.3) is 22.4 Å². The third-order valence-corrected chi connectivity index (χ3v) is 3.51. The molecule has 0 spiro atoms. The molecule has 19 heavy (non-hydrogen) atoms. The van der Waals surface area contributed by atoms with Gasteiger partial charge in [-0.25, -0.2) is 15.0 Å². The van der Waals surface area contributed by atoms with E-state index in [2.05, 4.69) is 30.9 Å². The molecule has 0 saturated carbocycles. The SMILES string of the molecule is Cc1cc(Cl)nc(-c2nc3ccccc3cc2Br)n1. The predicted octanol–water partition coefficient (Wildman–Crippen LogP) is 4.42. The van der Waals surface area contributed by atoms with E-state index in [0.29, 0.717) is 16.7 Å². The number of hydrogen-bond acceptors (Lipinski definition) is 3. The summed E-state index contributed by atoms with van der Waals surface area (Å²) >= 11 is 9.49. The summed E-state index contributed by atoms with van der Waals surface area (Å²) in [6.07, 6.45) is 0. The van der Waals surface area contributed by atoms with Crippen LogP contribution >= 0.6 is 27.5 Å². The number of aromatic nitrogens is 3. The van der Waals surface area contributed by atoms with Crippen LogP contribution < -0.4 is 0 Å². The molecule has 0 amide bonds. The maximum atomic E-state index is 5.98. The third-order valence-electron chi connectivity index (χ3n) is 2.71. The Balaban J connectivity index is 2.26. The van der Waals surface area contributed by atoms with E-state index >= 15 is 0 Å². The number of nitrogens with zero attached hydrogens (tertiary/aromatic N) is 3. The largest absolute Gasteiger partial charge is 0.243 e. The van der Waals surface area contributed by atoms with Crippen LogP contribution in [0, 0.1) is 6.92 Å². The van der Waals surface area contributed by atoms with Gasteiger partial charge in [-0.05, 0) is 41.1 Å². The maximum absolute atomic E-state index is 5.98. The van der Waals surface area contributed by atoms with Crippen molar-refractivity contribution >= 4 is 38.4 Å². The van der Waals surface area contributed by atoms with Crippen molar-refractivity contribution in [1.29, 1.82) is 0 Å². The molecule has 0 atom stereocenters. The Morgan fingerprint density at radius 2 is 1.84 bits per heavy atom. The minimum atomic E-state index is 0.421. The van der Waals surface area contributed by atoms with Crippen molar-refractivity contribution in [3.63, 3.8) is 0 Å². The third kappa shape index (κ3) is 2.46. The van der Waals surface area contributed by atoms with Crippen LogP contribution in [0.2, 0.25) is 5.15 Å². The summed E-state index contributed by atoms with van der Waals surface area (Å²) in [7, 11) is 0. The number of rotatable bonds is 1. The molecular weight excluding hydrogens is 326 g/mol. The van der Waals surface area contributed by atoms with Gasteiger partial charge in [0.05, 0.1) is 5.52 Å². The molecule has 5 heteroatoms. The molecule has 94 valence electrons. The Morgan fingerprint density at radius 1 is 1.05 bits per heavy atom. The van der Waals surface area contributed by atoms with Crippen LogP contribution in [0.3, 0.4) is 0 Å². The van der Waals surface area contributed by atoms with Gasteiger partial charge in [-0.3, -0.25) is 0 Å². The lowest BCUT2D eigenvalue weighted by Crippen LogP contribution is -1.96. The Bertz CT molecular complexity index is 753. The smallest absolute Gasteiger partial charge is 0.181 e. The number of fused-ring (bicyclic) bond motifs is 1. The van der Waals surface area contributed by atoms with Gasteiger partial charge in [-0.1, -0.05) is 29.8 Å². The molecular formula is C14H9BrClN3. The zero-order valence-electron chi connectivity index (χ0n) is 10.1. The molecule has 0 radical (unpaired) electrons. The second kappa shape index (κ2) is 4.87. The summed E-state index contributed by atoms with van der Waals surface area (Å²) in [5.74, 6) is 0.530. The average Bonchev–Trinajstić information content (AvgIpc) is 2.36.